The molecule has 1 atom stereocenters. The second kappa shape index (κ2) is 9.71. The number of ether oxygens (including phenoxy) is 1. The maximum atomic E-state index is 6.20. The van der Waals surface area contributed by atoms with Crippen LogP contribution in [0.1, 0.15) is 44.4 Å². The lowest BCUT2D eigenvalue weighted by atomic mass is 10.1. The van der Waals surface area contributed by atoms with Crippen molar-refractivity contribution in [3.8, 4) is 5.75 Å². The molecule has 130 valence electrons. The Balaban J connectivity index is 1.79. The molecule has 0 fully saturated rings. The summed E-state index contributed by atoms with van der Waals surface area (Å²) in [7, 11) is 0. The molecule has 0 bridgehead atoms. The van der Waals surface area contributed by atoms with Gasteiger partial charge in [0.2, 0.25) is 0 Å². The number of aryl methyl sites for hydroxylation is 1. The number of hydrogen-bond donors (Lipinski definition) is 1. The molecule has 2 rings (SSSR count). The number of rotatable bonds is 9. The lowest BCUT2D eigenvalue weighted by molar-refractivity contribution is 0.270. The van der Waals surface area contributed by atoms with Gasteiger partial charge in [0, 0.05) is 11.1 Å². The van der Waals surface area contributed by atoms with E-state index in [1.165, 1.54) is 11.1 Å². The van der Waals surface area contributed by atoms with Crippen LogP contribution >= 0.6 is 11.6 Å². The van der Waals surface area contributed by atoms with E-state index in [4.69, 9.17) is 16.3 Å². The normalized spacial score (nSPS) is 12.4. The molecular formula is C21H28ClNO. The van der Waals surface area contributed by atoms with Gasteiger partial charge in [-0.2, -0.15) is 0 Å². The van der Waals surface area contributed by atoms with E-state index in [1.54, 1.807) is 0 Å². The van der Waals surface area contributed by atoms with E-state index in [-0.39, 0.29) is 0 Å². The molecule has 0 aliphatic rings. The molecule has 0 radical (unpaired) electrons. The van der Waals surface area contributed by atoms with Crippen LogP contribution in [-0.2, 0) is 6.42 Å². The Bertz CT molecular complexity index is 627. The molecule has 2 nitrogen and oxygen atoms in total. The van der Waals surface area contributed by atoms with E-state index in [9.17, 15) is 0 Å². The summed E-state index contributed by atoms with van der Waals surface area (Å²) in [5, 5.41) is 4.44. The fourth-order valence-electron chi connectivity index (χ4n) is 2.55. The van der Waals surface area contributed by atoms with E-state index >= 15 is 0 Å². The molecule has 24 heavy (non-hydrogen) atoms. The number of benzene rings is 2. The molecule has 0 heterocycles. The van der Waals surface area contributed by atoms with Gasteiger partial charge in [0.05, 0.1) is 6.61 Å². The van der Waals surface area contributed by atoms with Crippen molar-refractivity contribution in [1.29, 1.82) is 0 Å². The highest BCUT2D eigenvalue weighted by Crippen LogP contribution is 2.20. The van der Waals surface area contributed by atoms with Crippen molar-refractivity contribution in [1.82, 2.24) is 5.32 Å². The lowest BCUT2D eigenvalue weighted by Gasteiger charge is -2.16. The van der Waals surface area contributed by atoms with Crippen LogP contribution in [0.15, 0.2) is 48.5 Å². The summed E-state index contributed by atoms with van der Waals surface area (Å²) < 4.78 is 5.81. The van der Waals surface area contributed by atoms with Gasteiger partial charge in [0.1, 0.15) is 5.75 Å². The molecule has 0 saturated carbocycles. The van der Waals surface area contributed by atoms with E-state index < -0.39 is 0 Å². The highest BCUT2D eigenvalue weighted by Gasteiger charge is 2.07. The zero-order valence-electron chi connectivity index (χ0n) is 14.9. The Labute approximate surface area is 151 Å². The Kier molecular flexibility index (Phi) is 7.61. The first-order valence-corrected chi connectivity index (χ1v) is 9.13. The van der Waals surface area contributed by atoms with E-state index in [2.05, 4.69) is 50.4 Å². The van der Waals surface area contributed by atoms with Crippen LogP contribution in [0.2, 0.25) is 5.02 Å². The highest BCUT2D eigenvalue weighted by atomic mass is 35.5. The summed E-state index contributed by atoms with van der Waals surface area (Å²) in [6.07, 6.45) is 2.06. The first kappa shape index (κ1) is 18.8. The Hall–Kier alpha value is -1.51. The first-order valence-electron chi connectivity index (χ1n) is 8.76. The topological polar surface area (TPSA) is 21.3 Å². The molecule has 3 heteroatoms. The highest BCUT2D eigenvalue weighted by molar-refractivity contribution is 6.31. The standard InChI is InChI=1S/C21H28ClNO/c1-16(2)15-24-20-11-6-9-19(14-20)17(3)23-13-7-10-18-8-4-5-12-21(18)22/h4-6,8-9,11-12,14,16-17,23H,7,10,13,15H2,1-3H3/t17-/m1/s1. The Morgan fingerprint density at radius 1 is 1.04 bits per heavy atom. The maximum Gasteiger partial charge on any atom is 0.119 e. The minimum Gasteiger partial charge on any atom is -0.493 e. The second-order valence-corrected chi connectivity index (χ2v) is 7.06. The quantitative estimate of drug-likeness (QED) is 0.592. The molecule has 0 aromatic heterocycles. The summed E-state index contributed by atoms with van der Waals surface area (Å²) in [5.74, 6) is 1.49. The van der Waals surface area contributed by atoms with Crippen LogP contribution in [0.3, 0.4) is 0 Å². The largest absolute Gasteiger partial charge is 0.493 e. The van der Waals surface area contributed by atoms with Crippen molar-refractivity contribution >= 4 is 11.6 Å². The number of halogens is 1. The van der Waals surface area contributed by atoms with Gasteiger partial charge in [0.25, 0.3) is 0 Å². The third-order valence-corrected chi connectivity index (χ3v) is 4.34. The van der Waals surface area contributed by atoms with Gasteiger partial charge in [0.15, 0.2) is 0 Å². The second-order valence-electron chi connectivity index (χ2n) is 6.65. The maximum absolute atomic E-state index is 6.20. The summed E-state index contributed by atoms with van der Waals surface area (Å²) in [6, 6.07) is 16.7. The average molecular weight is 346 g/mol. The van der Waals surface area contributed by atoms with Crippen LogP contribution < -0.4 is 10.1 Å². The predicted molar refractivity (Wildman–Crippen MR) is 103 cm³/mol. The SMILES string of the molecule is CC(C)COc1cccc([C@@H](C)NCCCc2ccccc2Cl)c1. The third kappa shape index (κ3) is 6.18. The molecule has 0 aliphatic carbocycles. The molecule has 2 aromatic carbocycles. The lowest BCUT2D eigenvalue weighted by Crippen LogP contribution is -2.20. The van der Waals surface area contributed by atoms with Crippen LogP contribution in [-0.4, -0.2) is 13.2 Å². The van der Waals surface area contributed by atoms with Gasteiger partial charge >= 0.3 is 0 Å². The molecule has 1 N–H and O–H groups in total. The molecule has 0 amide bonds. The third-order valence-electron chi connectivity index (χ3n) is 3.97. The molecule has 0 spiro atoms. The van der Waals surface area contributed by atoms with Crippen LogP contribution in [0.4, 0.5) is 0 Å². The molecule has 0 unspecified atom stereocenters. The van der Waals surface area contributed by atoms with Gasteiger partial charge in [-0.1, -0.05) is 55.8 Å². The number of hydrogen-bond acceptors (Lipinski definition) is 2. The van der Waals surface area contributed by atoms with Gasteiger partial charge in [-0.3, -0.25) is 0 Å². The van der Waals surface area contributed by atoms with E-state index in [0.29, 0.717) is 12.0 Å². The fourth-order valence-corrected chi connectivity index (χ4v) is 2.78. The van der Waals surface area contributed by atoms with E-state index in [1.807, 2.05) is 24.3 Å². The minimum atomic E-state index is 0.304. The zero-order chi connectivity index (χ0) is 17.4. The van der Waals surface area contributed by atoms with Gasteiger partial charge < -0.3 is 10.1 Å². The smallest absolute Gasteiger partial charge is 0.119 e. The number of nitrogens with one attached hydrogen (secondary N) is 1. The van der Waals surface area contributed by atoms with Crippen molar-refractivity contribution in [3.63, 3.8) is 0 Å². The van der Waals surface area contributed by atoms with Crippen molar-refractivity contribution in [2.75, 3.05) is 13.2 Å². The van der Waals surface area contributed by atoms with Gasteiger partial charge in [-0.05, 0) is 61.6 Å². The van der Waals surface area contributed by atoms with Crippen LogP contribution in [0.5, 0.6) is 5.75 Å². The van der Waals surface area contributed by atoms with E-state index in [0.717, 1.165) is 36.8 Å². The first-order chi connectivity index (χ1) is 11.6. The van der Waals surface area contributed by atoms with Crippen molar-refractivity contribution in [2.45, 2.75) is 39.7 Å². The van der Waals surface area contributed by atoms with Crippen LogP contribution in [0.25, 0.3) is 0 Å². The molecular weight excluding hydrogens is 318 g/mol. The fraction of sp³-hybridized carbons (Fsp3) is 0.429. The Morgan fingerprint density at radius 2 is 1.83 bits per heavy atom. The summed E-state index contributed by atoms with van der Waals surface area (Å²) in [6.45, 7) is 8.23. The van der Waals surface area contributed by atoms with Crippen molar-refractivity contribution in [2.24, 2.45) is 5.92 Å². The average Bonchev–Trinajstić information content (AvgIpc) is 2.58. The van der Waals surface area contributed by atoms with Crippen molar-refractivity contribution < 1.29 is 4.74 Å². The zero-order valence-corrected chi connectivity index (χ0v) is 15.6. The predicted octanol–water partition coefficient (Wildman–Crippen LogP) is 5.66. The monoisotopic (exact) mass is 345 g/mol. The summed E-state index contributed by atoms with van der Waals surface area (Å²) in [4.78, 5) is 0. The summed E-state index contributed by atoms with van der Waals surface area (Å²) >= 11 is 6.20. The van der Waals surface area contributed by atoms with Crippen molar-refractivity contribution in [3.05, 3.63) is 64.7 Å². The molecule has 2 aromatic rings. The van der Waals surface area contributed by atoms with Gasteiger partial charge in [-0.25, -0.2) is 0 Å². The minimum absolute atomic E-state index is 0.304. The Morgan fingerprint density at radius 3 is 2.58 bits per heavy atom. The van der Waals surface area contributed by atoms with Crippen LogP contribution in [0, 0.1) is 5.92 Å². The summed E-state index contributed by atoms with van der Waals surface area (Å²) in [5.41, 5.74) is 2.48. The van der Waals surface area contributed by atoms with Gasteiger partial charge in [-0.15, -0.1) is 0 Å². The molecule has 0 aliphatic heterocycles. The molecule has 0 saturated heterocycles.